The number of hydrogen-bond donors (Lipinski definition) is 2. The number of hydrogen-bond acceptors (Lipinski definition) is 4. The average Bonchev–Trinajstić information content (AvgIpc) is 3.16. The Labute approximate surface area is 137 Å². The van der Waals surface area contributed by atoms with Crippen LogP contribution < -0.4 is 0 Å². The van der Waals surface area contributed by atoms with Gasteiger partial charge in [0, 0.05) is 0 Å². The number of thioether (sulfide) groups is 1. The van der Waals surface area contributed by atoms with E-state index in [-0.39, 0.29) is 11.0 Å². The van der Waals surface area contributed by atoms with Gasteiger partial charge < -0.3 is 10.1 Å². The van der Waals surface area contributed by atoms with Crippen molar-refractivity contribution in [2.45, 2.75) is 5.25 Å². The number of aliphatic hydroxyl groups is 1. The number of imidazole rings is 1. The average molecular weight is 319 g/mol. The highest BCUT2D eigenvalue weighted by atomic mass is 32.2. The Hall–Kier alpha value is -2.71. The molecule has 3 aromatic rings. The molecule has 0 saturated carbocycles. The minimum atomic E-state index is -0.564. The van der Waals surface area contributed by atoms with Crippen LogP contribution in [0.4, 0.5) is 0 Å². The van der Waals surface area contributed by atoms with E-state index in [2.05, 4.69) is 16.0 Å². The van der Waals surface area contributed by atoms with Crippen LogP contribution in [-0.4, -0.2) is 15.1 Å². The Bertz CT molecular complexity index is 907. The molecule has 0 saturated heterocycles. The molecule has 2 N–H and O–H groups in total. The van der Waals surface area contributed by atoms with E-state index in [1.165, 1.54) is 11.8 Å². The number of nitrogens with zero attached hydrogens (tertiary/aromatic N) is 2. The van der Waals surface area contributed by atoms with Gasteiger partial charge in [-0.3, -0.25) is 0 Å². The molecule has 1 aliphatic heterocycles. The molecule has 4 rings (SSSR count). The third-order valence-corrected chi connectivity index (χ3v) is 5.38. The molecule has 0 amide bonds. The van der Waals surface area contributed by atoms with E-state index in [1.54, 1.807) is 0 Å². The molecule has 0 radical (unpaired) electrons. The van der Waals surface area contributed by atoms with Crippen LogP contribution in [0.2, 0.25) is 0 Å². The molecule has 0 spiro atoms. The van der Waals surface area contributed by atoms with Crippen molar-refractivity contribution < 1.29 is 5.11 Å². The van der Waals surface area contributed by atoms with Crippen molar-refractivity contribution in [1.82, 2.24) is 9.97 Å². The van der Waals surface area contributed by atoms with Gasteiger partial charge in [0.1, 0.15) is 17.5 Å². The van der Waals surface area contributed by atoms with Gasteiger partial charge >= 0.3 is 0 Å². The van der Waals surface area contributed by atoms with Gasteiger partial charge in [-0.15, -0.1) is 11.8 Å². The summed E-state index contributed by atoms with van der Waals surface area (Å²) < 4.78 is 0. The van der Waals surface area contributed by atoms with Gasteiger partial charge in [0.15, 0.2) is 0 Å². The number of nitrogens with one attached hydrogen (secondary N) is 1. The van der Waals surface area contributed by atoms with Crippen molar-refractivity contribution in [3.63, 3.8) is 0 Å². The topological polar surface area (TPSA) is 72.7 Å². The van der Waals surface area contributed by atoms with Crippen LogP contribution in [0.15, 0.2) is 60.4 Å². The molecule has 1 aromatic heterocycles. The summed E-state index contributed by atoms with van der Waals surface area (Å²) in [5.41, 5.74) is 2.79. The highest BCUT2D eigenvalue weighted by Crippen LogP contribution is 2.53. The number of aromatic nitrogens is 2. The van der Waals surface area contributed by atoms with Gasteiger partial charge in [-0.05, 0) is 17.7 Å². The standard InChI is InChI=1S/C18H13N3OS/c19-10-12-15(22)17(23-16(12)11-6-2-1-3-7-11)18-20-13-8-4-5-9-14(13)21-18/h1-9,12,16,22H,(H,20,21)/t12-,16-/m0/s1. The lowest BCUT2D eigenvalue weighted by molar-refractivity contribution is 0.365. The van der Waals surface area contributed by atoms with E-state index in [1.807, 2.05) is 54.6 Å². The summed E-state index contributed by atoms with van der Waals surface area (Å²) in [6.45, 7) is 0. The summed E-state index contributed by atoms with van der Waals surface area (Å²) in [6.07, 6.45) is 0. The number of rotatable bonds is 2. The first-order valence-electron chi connectivity index (χ1n) is 7.27. The largest absolute Gasteiger partial charge is 0.510 e. The molecule has 4 nitrogen and oxygen atoms in total. The molecular weight excluding hydrogens is 306 g/mol. The number of para-hydroxylation sites is 2. The lowest BCUT2D eigenvalue weighted by Gasteiger charge is -2.13. The molecule has 0 unspecified atom stereocenters. The molecule has 23 heavy (non-hydrogen) atoms. The molecule has 0 bridgehead atoms. The lowest BCUT2D eigenvalue weighted by atomic mass is 9.98. The molecular formula is C18H13N3OS. The number of allylic oxidation sites excluding steroid dienone is 1. The quantitative estimate of drug-likeness (QED) is 0.733. The number of aromatic amines is 1. The van der Waals surface area contributed by atoms with E-state index in [0.717, 1.165) is 16.6 Å². The van der Waals surface area contributed by atoms with E-state index in [0.29, 0.717) is 10.7 Å². The third kappa shape index (κ3) is 2.28. The normalized spacial score (nSPS) is 20.8. The Morgan fingerprint density at radius 2 is 1.83 bits per heavy atom. The number of aliphatic hydroxyl groups excluding tert-OH is 1. The summed E-state index contributed by atoms with van der Waals surface area (Å²) in [5.74, 6) is 0.156. The molecule has 1 aliphatic rings. The van der Waals surface area contributed by atoms with Crippen molar-refractivity contribution >= 4 is 27.7 Å². The SMILES string of the molecule is N#C[C@H]1C(O)=C(c2nc3ccccc3[nH]2)S[C@H]1c1ccccc1. The summed E-state index contributed by atoms with van der Waals surface area (Å²) in [7, 11) is 0. The summed E-state index contributed by atoms with van der Waals surface area (Å²) >= 11 is 1.49. The van der Waals surface area contributed by atoms with Gasteiger partial charge in [0.25, 0.3) is 0 Å². The van der Waals surface area contributed by atoms with Gasteiger partial charge in [-0.1, -0.05) is 42.5 Å². The fourth-order valence-corrected chi connectivity index (χ4v) is 4.14. The first-order valence-corrected chi connectivity index (χ1v) is 8.15. The van der Waals surface area contributed by atoms with Gasteiger partial charge in [0.2, 0.25) is 0 Å². The van der Waals surface area contributed by atoms with Crippen molar-refractivity contribution in [2.75, 3.05) is 0 Å². The fraction of sp³-hybridized carbons (Fsp3) is 0.111. The van der Waals surface area contributed by atoms with Gasteiger partial charge in [-0.25, -0.2) is 4.98 Å². The molecule has 2 heterocycles. The Morgan fingerprint density at radius 3 is 2.57 bits per heavy atom. The van der Waals surface area contributed by atoms with Crippen LogP contribution in [0.5, 0.6) is 0 Å². The zero-order chi connectivity index (χ0) is 15.8. The Morgan fingerprint density at radius 1 is 1.09 bits per heavy atom. The van der Waals surface area contributed by atoms with E-state index >= 15 is 0 Å². The third-order valence-electron chi connectivity index (χ3n) is 3.95. The minimum absolute atomic E-state index is 0.102. The van der Waals surface area contributed by atoms with Crippen LogP contribution in [0.25, 0.3) is 15.9 Å². The molecule has 5 heteroatoms. The second kappa shape index (κ2) is 5.49. The zero-order valence-electron chi connectivity index (χ0n) is 12.1. The minimum Gasteiger partial charge on any atom is -0.510 e. The smallest absolute Gasteiger partial charge is 0.148 e. The maximum absolute atomic E-state index is 10.5. The monoisotopic (exact) mass is 319 g/mol. The first-order chi connectivity index (χ1) is 11.3. The van der Waals surface area contributed by atoms with Crippen molar-refractivity contribution in [3.8, 4) is 6.07 Å². The predicted octanol–water partition coefficient (Wildman–Crippen LogP) is 4.42. The van der Waals surface area contributed by atoms with Crippen molar-refractivity contribution in [1.29, 1.82) is 5.26 Å². The van der Waals surface area contributed by atoms with Crippen LogP contribution in [0.3, 0.4) is 0 Å². The predicted molar refractivity (Wildman–Crippen MR) is 91.5 cm³/mol. The van der Waals surface area contributed by atoms with Crippen LogP contribution in [-0.2, 0) is 0 Å². The maximum atomic E-state index is 10.5. The molecule has 2 atom stereocenters. The number of benzene rings is 2. The zero-order valence-corrected chi connectivity index (χ0v) is 12.9. The van der Waals surface area contributed by atoms with Crippen molar-refractivity contribution in [2.24, 2.45) is 5.92 Å². The second-order valence-electron chi connectivity index (χ2n) is 5.37. The van der Waals surface area contributed by atoms with Crippen LogP contribution in [0.1, 0.15) is 16.6 Å². The van der Waals surface area contributed by atoms with Crippen LogP contribution >= 0.6 is 11.8 Å². The lowest BCUT2D eigenvalue weighted by Crippen LogP contribution is -2.05. The summed E-state index contributed by atoms with van der Waals surface area (Å²) in [6, 6.07) is 19.7. The molecule has 2 aromatic carbocycles. The van der Waals surface area contributed by atoms with E-state index in [9.17, 15) is 10.4 Å². The Kier molecular flexibility index (Phi) is 3.32. The van der Waals surface area contributed by atoms with E-state index < -0.39 is 5.92 Å². The van der Waals surface area contributed by atoms with Crippen LogP contribution in [0, 0.1) is 17.2 Å². The van der Waals surface area contributed by atoms with E-state index in [4.69, 9.17) is 0 Å². The van der Waals surface area contributed by atoms with Crippen molar-refractivity contribution in [3.05, 3.63) is 71.7 Å². The molecule has 0 aliphatic carbocycles. The Balaban J connectivity index is 1.77. The number of nitriles is 1. The number of fused-ring (bicyclic) bond motifs is 1. The highest BCUT2D eigenvalue weighted by Gasteiger charge is 2.38. The van der Waals surface area contributed by atoms with Gasteiger partial charge in [-0.2, -0.15) is 5.26 Å². The first kappa shape index (κ1) is 13.9. The van der Waals surface area contributed by atoms with Gasteiger partial charge in [0.05, 0.1) is 27.3 Å². The summed E-state index contributed by atoms with van der Waals surface area (Å²) in [5, 5.41) is 19.9. The molecule has 0 fully saturated rings. The maximum Gasteiger partial charge on any atom is 0.148 e. The summed E-state index contributed by atoms with van der Waals surface area (Å²) in [4.78, 5) is 8.42. The molecule has 112 valence electrons. The number of H-pyrrole nitrogens is 1. The highest BCUT2D eigenvalue weighted by molar-refractivity contribution is 8.08. The fourth-order valence-electron chi connectivity index (χ4n) is 2.81. The second-order valence-corrected chi connectivity index (χ2v) is 6.52.